The van der Waals surface area contributed by atoms with Crippen LogP contribution in [0.3, 0.4) is 0 Å². The summed E-state index contributed by atoms with van der Waals surface area (Å²) in [4.78, 5) is 17.2. The summed E-state index contributed by atoms with van der Waals surface area (Å²) in [6, 6.07) is 0. The maximum absolute atomic E-state index is 10.6. The van der Waals surface area contributed by atoms with E-state index in [4.69, 9.17) is 67.8 Å². The van der Waals surface area contributed by atoms with E-state index in [1.54, 1.807) is 0 Å². The Labute approximate surface area is 145 Å². The zero-order valence-corrected chi connectivity index (χ0v) is 14.7. The normalized spacial score (nSPS) is 11.0. The molecule has 4 nitrogen and oxygen atoms in total. The summed E-state index contributed by atoms with van der Waals surface area (Å²) < 4.78 is 14.9. The molecule has 0 aliphatic carbocycles. The second-order valence-electron chi connectivity index (χ2n) is 2.48. The van der Waals surface area contributed by atoms with Gasteiger partial charge in [0.25, 0.3) is 0 Å². The minimum Gasteiger partial charge on any atom is -1.00 e. The Kier molecular flexibility index (Phi) is 7.52. The fourth-order valence-electron chi connectivity index (χ4n) is 0.784. The van der Waals surface area contributed by atoms with Crippen LogP contribution >= 0.6 is 65.8 Å². The van der Waals surface area contributed by atoms with E-state index >= 15 is 0 Å². The molecule has 0 spiro atoms. The fourth-order valence-corrected chi connectivity index (χ4v) is 2.51. The molecule has 0 saturated carbocycles. The Morgan fingerprint density at radius 2 is 1.18 bits per heavy atom. The summed E-state index contributed by atoms with van der Waals surface area (Å²) in [5, 5.41) is -1.20. The average Bonchev–Trinajstić information content (AvgIpc) is 2.17. The minimum absolute atomic E-state index is 0. The van der Waals surface area contributed by atoms with Crippen molar-refractivity contribution >= 4 is 65.8 Å². The second kappa shape index (κ2) is 6.87. The third-order valence-electron chi connectivity index (χ3n) is 1.38. The Balaban J connectivity index is 0. The predicted molar refractivity (Wildman–Crippen MR) is 65.3 cm³/mol. The van der Waals surface area contributed by atoms with Gasteiger partial charge in [-0.1, -0.05) is 58.0 Å². The largest absolute Gasteiger partial charge is 1.00 e. The van der Waals surface area contributed by atoms with Crippen LogP contribution in [-0.2, 0) is 4.57 Å². The molecule has 0 heterocycles. The van der Waals surface area contributed by atoms with E-state index in [1.807, 2.05) is 0 Å². The number of phosphoric acid groups is 1. The van der Waals surface area contributed by atoms with Gasteiger partial charge in [-0.2, -0.15) is 0 Å². The van der Waals surface area contributed by atoms with Crippen LogP contribution in [0.4, 0.5) is 0 Å². The molecule has 1 aromatic carbocycles. The molecule has 0 fully saturated rings. The molecule has 0 amide bonds. The molecule has 92 valence electrons. The van der Waals surface area contributed by atoms with Gasteiger partial charge < -0.3 is 5.95 Å². The van der Waals surface area contributed by atoms with Gasteiger partial charge in [-0.3, -0.25) is 9.79 Å². The molecule has 1 aromatic rings. The zero-order valence-electron chi connectivity index (χ0n) is 9.05. The summed E-state index contributed by atoms with van der Waals surface area (Å²) in [5.74, 6) is -0.518. The topological polar surface area (TPSA) is 66.8 Å². The first-order valence-corrected chi connectivity index (χ1v) is 6.83. The SMILES string of the molecule is O=P(O)(O)Oc1c(Cl)c(Cl)c(Cl)c(Cl)c1Cl.[H-].[Na+]. The molecular formula is C6H3Cl5NaO4P. The van der Waals surface area contributed by atoms with Gasteiger partial charge >= 0.3 is 37.4 Å². The summed E-state index contributed by atoms with van der Waals surface area (Å²) in [5.41, 5.74) is 0. The molecule has 0 aliphatic heterocycles. The van der Waals surface area contributed by atoms with Crippen molar-refractivity contribution in [2.24, 2.45) is 0 Å². The van der Waals surface area contributed by atoms with Crippen molar-refractivity contribution < 1.29 is 49.9 Å². The molecule has 0 saturated heterocycles. The standard InChI is InChI=1S/C6H2Cl5O4P.Na.H/c7-1-2(8)4(10)6(5(11)3(1)9)15-16(12,13)14;;/h(H2,12,13,14);;/q;+1;-1. The predicted octanol–water partition coefficient (Wildman–Crippen LogP) is 1.54. The van der Waals surface area contributed by atoms with Crippen LogP contribution in [0.1, 0.15) is 1.43 Å². The Morgan fingerprint density at radius 3 is 1.47 bits per heavy atom. The van der Waals surface area contributed by atoms with Gasteiger partial charge in [-0.05, 0) is 0 Å². The monoisotopic (exact) mass is 368 g/mol. The Bertz CT molecular complexity index is 466. The summed E-state index contributed by atoms with van der Waals surface area (Å²) in [7, 11) is -4.83. The molecule has 0 unspecified atom stereocenters. The quantitative estimate of drug-likeness (QED) is 0.359. The van der Waals surface area contributed by atoms with Crippen molar-refractivity contribution in [2.45, 2.75) is 0 Å². The fraction of sp³-hybridized carbons (Fsp3) is 0. The number of hydrogen-bond donors (Lipinski definition) is 2. The van der Waals surface area contributed by atoms with E-state index in [-0.39, 0.29) is 56.1 Å². The average molecular weight is 370 g/mol. The van der Waals surface area contributed by atoms with Gasteiger partial charge in [-0.25, -0.2) is 4.57 Å². The molecule has 11 heteroatoms. The van der Waals surface area contributed by atoms with E-state index in [2.05, 4.69) is 4.52 Å². The smallest absolute Gasteiger partial charge is 1.00 e. The van der Waals surface area contributed by atoms with Gasteiger partial charge in [0.1, 0.15) is 10.0 Å². The maximum Gasteiger partial charge on any atom is 1.00 e. The maximum atomic E-state index is 10.6. The van der Waals surface area contributed by atoms with Crippen molar-refractivity contribution in [1.29, 1.82) is 0 Å². The van der Waals surface area contributed by atoms with Crippen molar-refractivity contribution in [3.05, 3.63) is 25.1 Å². The van der Waals surface area contributed by atoms with Crippen LogP contribution in [-0.4, -0.2) is 9.79 Å². The summed E-state index contributed by atoms with van der Waals surface area (Å²) in [6.45, 7) is 0. The van der Waals surface area contributed by atoms with Crippen LogP contribution in [0.15, 0.2) is 0 Å². The second-order valence-corrected chi connectivity index (χ2v) is 5.53. The van der Waals surface area contributed by atoms with Gasteiger partial charge in [0.2, 0.25) is 0 Å². The number of halogens is 5. The molecular weight excluding hydrogens is 367 g/mol. The molecule has 2 N–H and O–H groups in total. The minimum atomic E-state index is -4.83. The van der Waals surface area contributed by atoms with Crippen LogP contribution < -0.4 is 34.1 Å². The number of rotatable bonds is 2. The molecule has 0 bridgehead atoms. The molecule has 0 radical (unpaired) electrons. The first kappa shape index (κ1) is 18.6. The van der Waals surface area contributed by atoms with Gasteiger partial charge in [0.15, 0.2) is 5.75 Å². The molecule has 0 aromatic heterocycles. The summed E-state index contributed by atoms with van der Waals surface area (Å²) in [6.07, 6.45) is 0. The first-order valence-electron chi connectivity index (χ1n) is 3.41. The van der Waals surface area contributed by atoms with Crippen LogP contribution in [0.25, 0.3) is 0 Å². The molecule has 1 rings (SSSR count). The molecule has 0 aliphatic rings. The summed E-state index contributed by atoms with van der Waals surface area (Å²) >= 11 is 28.3. The van der Waals surface area contributed by atoms with Crippen LogP contribution in [0.2, 0.25) is 25.1 Å². The Morgan fingerprint density at radius 1 is 0.882 bits per heavy atom. The molecule has 17 heavy (non-hydrogen) atoms. The number of phosphoric ester groups is 1. The first-order chi connectivity index (χ1) is 7.15. The van der Waals surface area contributed by atoms with Crippen LogP contribution in [0, 0.1) is 0 Å². The van der Waals surface area contributed by atoms with Crippen molar-refractivity contribution in [3.8, 4) is 5.75 Å². The zero-order chi connectivity index (χ0) is 12.7. The molecule has 0 atom stereocenters. The van der Waals surface area contributed by atoms with E-state index in [9.17, 15) is 4.57 Å². The van der Waals surface area contributed by atoms with Crippen molar-refractivity contribution in [2.75, 3.05) is 0 Å². The number of benzene rings is 1. The number of hydrogen-bond acceptors (Lipinski definition) is 2. The third kappa shape index (κ3) is 4.59. The van der Waals surface area contributed by atoms with Gasteiger partial charge in [0.05, 0.1) is 15.1 Å². The van der Waals surface area contributed by atoms with E-state index < -0.39 is 13.6 Å². The van der Waals surface area contributed by atoms with E-state index in [0.29, 0.717) is 0 Å². The van der Waals surface area contributed by atoms with E-state index in [0.717, 1.165) is 0 Å². The van der Waals surface area contributed by atoms with E-state index in [1.165, 1.54) is 0 Å². The van der Waals surface area contributed by atoms with Crippen LogP contribution in [0.5, 0.6) is 5.75 Å². The van der Waals surface area contributed by atoms with Crippen molar-refractivity contribution in [3.63, 3.8) is 0 Å². The van der Waals surface area contributed by atoms with Gasteiger partial charge in [0, 0.05) is 0 Å². The Hall–Kier alpha value is 1.62. The third-order valence-corrected chi connectivity index (χ3v) is 4.04. The van der Waals surface area contributed by atoms with Gasteiger partial charge in [-0.15, -0.1) is 0 Å². The van der Waals surface area contributed by atoms with Crippen molar-refractivity contribution in [1.82, 2.24) is 0 Å².